The summed E-state index contributed by atoms with van der Waals surface area (Å²) in [6.45, 7) is 0. The maximum Gasteiger partial charge on any atom is 0.339 e. The van der Waals surface area contributed by atoms with Crippen molar-refractivity contribution in [1.29, 1.82) is 0 Å². The Morgan fingerprint density at radius 3 is 2.42 bits per heavy atom. The summed E-state index contributed by atoms with van der Waals surface area (Å²) in [7, 11) is 3.92. The zero-order chi connectivity index (χ0) is 22.5. The van der Waals surface area contributed by atoms with Crippen molar-refractivity contribution in [3.05, 3.63) is 70.0 Å². The predicted molar refractivity (Wildman–Crippen MR) is 113 cm³/mol. The average molecular weight is 444 g/mol. The largest absolute Gasteiger partial charge is 0.493 e. The number of hydrogen-bond donors (Lipinski definition) is 1. The van der Waals surface area contributed by atoms with E-state index in [2.05, 4.69) is 5.32 Å². The number of esters is 2. The highest BCUT2D eigenvalue weighted by atomic mass is 35.5. The Hall–Kier alpha value is -3.78. The van der Waals surface area contributed by atoms with Crippen molar-refractivity contribution < 1.29 is 33.3 Å². The molecule has 0 radical (unpaired) electrons. The quantitative estimate of drug-likeness (QED) is 0.700. The van der Waals surface area contributed by atoms with Crippen molar-refractivity contribution >= 4 is 41.2 Å². The molecule has 2 aromatic rings. The molecule has 0 bridgehead atoms. The van der Waals surface area contributed by atoms with E-state index >= 15 is 0 Å². The van der Waals surface area contributed by atoms with E-state index in [1.165, 1.54) is 51.9 Å². The van der Waals surface area contributed by atoms with Gasteiger partial charge in [0.1, 0.15) is 0 Å². The lowest BCUT2D eigenvalue weighted by atomic mass is 10.1. The topological polar surface area (TPSA) is 100 Å². The second-order valence-corrected chi connectivity index (χ2v) is 6.68. The molecule has 1 heterocycles. The van der Waals surface area contributed by atoms with Gasteiger partial charge in [-0.25, -0.2) is 9.59 Å². The maximum absolute atomic E-state index is 13.0. The summed E-state index contributed by atoms with van der Waals surface area (Å²) in [5.74, 6) is -1.05. The monoisotopic (exact) mass is 443 g/mol. The number of nitrogens with one attached hydrogen (secondary N) is 1. The van der Waals surface area contributed by atoms with Crippen molar-refractivity contribution in [3.63, 3.8) is 0 Å². The number of fused-ring (bicyclic) bond motifs is 1. The second kappa shape index (κ2) is 9.36. The number of carbonyl (C=O) groups excluding carboxylic acids is 3. The molecule has 0 fully saturated rings. The number of amides is 1. The number of carbonyl (C=O) groups is 3. The van der Waals surface area contributed by atoms with Gasteiger partial charge in [-0.05, 0) is 36.4 Å². The minimum absolute atomic E-state index is 0.0723. The first-order valence-electron chi connectivity index (χ1n) is 8.92. The van der Waals surface area contributed by atoms with Gasteiger partial charge in [0.05, 0.1) is 44.4 Å². The van der Waals surface area contributed by atoms with Crippen LogP contribution in [0.4, 0.5) is 5.69 Å². The van der Waals surface area contributed by atoms with Crippen LogP contribution in [0.15, 0.2) is 48.2 Å². The summed E-state index contributed by atoms with van der Waals surface area (Å²) < 4.78 is 20.3. The highest BCUT2D eigenvalue weighted by Crippen LogP contribution is 2.37. The third-order valence-electron chi connectivity index (χ3n) is 4.37. The highest BCUT2D eigenvalue weighted by Gasteiger charge is 2.20. The fraction of sp³-hybridized carbons (Fsp3) is 0.136. The van der Waals surface area contributed by atoms with E-state index in [4.69, 9.17) is 30.5 Å². The number of benzene rings is 2. The SMILES string of the molecule is COC(=O)c1ccc(C(=O)OC)c(NC(=O)C2=Cc3cc(Cl)cc(OC)c3OC=C2)c1. The smallest absolute Gasteiger partial charge is 0.339 e. The van der Waals surface area contributed by atoms with Crippen LogP contribution < -0.4 is 14.8 Å². The lowest BCUT2D eigenvalue weighted by Gasteiger charge is -2.12. The van der Waals surface area contributed by atoms with Crippen LogP contribution >= 0.6 is 11.6 Å². The zero-order valence-corrected chi connectivity index (χ0v) is 17.6. The van der Waals surface area contributed by atoms with Gasteiger partial charge in [0.25, 0.3) is 5.91 Å². The van der Waals surface area contributed by atoms with E-state index in [9.17, 15) is 14.4 Å². The molecule has 1 aliphatic heterocycles. The van der Waals surface area contributed by atoms with Crippen LogP contribution in [0.2, 0.25) is 5.02 Å². The molecule has 8 nitrogen and oxygen atoms in total. The van der Waals surface area contributed by atoms with Gasteiger partial charge in [0.2, 0.25) is 0 Å². The molecular weight excluding hydrogens is 426 g/mol. The van der Waals surface area contributed by atoms with Gasteiger partial charge in [-0.15, -0.1) is 0 Å². The van der Waals surface area contributed by atoms with Gasteiger partial charge in [-0.3, -0.25) is 4.79 Å². The van der Waals surface area contributed by atoms with E-state index in [0.29, 0.717) is 22.1 Å². The molecule has 1 amide bonds. The van der Waals surface area contributed by atoms with Gasteiger partial charge in [0.15, 0.2) is 11.5 Å². The summed E-state index contributed by atoms with van der Waals surface area (Å²) in [4.78, 5) is 36.9. The van der Waals surface area contributed by atoms with Crippen LogP contribution in [0.3, 0.4) is 0 Å². The van der Waals surface area contributed by atoms with E-state index in [1.807, 2.05) is 0 Å². The highest BCUT2D eigenvalue weighted by molar-refractivity contribution is 6.31. The third-order valence-corrected chi connectivity index (χ3v) is 4.59. The summed E-state index contributed by atoms with van der Waals surface area (Å²) in [6.07, 6.45) is 4.34. The first-order chi connectivity index (χ1) is 14.9. The van der Waals surface area contributed by atoms with Gasteiger partial charge in [-0.2, -0.15) is 0 Å². The second-order valence-electron chi connectivity index (χ2n) is 6.24. The Morgan fingerprint density at radius 1 is 1.00 bits per heavy atom. The molecule has 0 saturated carbocycles. The molecule has 0 aliphatic carbocycles. The standard InChI is InChI=1S/C22H18ClNO7/c1-28-18-11-15(23)9-14-8-12(6-7-31-19(14)18)20(25)24-17-10-13(21(26)29-2)4-5-16(17)22(27)30-3/h4-11H,1-3H3,(H,24,25). The summed E-state index contributed by atoms with van der Waals surface area (Å²) in [6, 6.07) is 7.32. The molecule has 3 rings (SSSR count). The summed E-state index contributed by atoms with van der Waals surface area (Å²) in [5.41, 5.74) is 1.05. The Kier molecular flexibility index (Phi) is 6.61. The van der Waals surface area contributed by atoms with E-state index in [1.54, 1.807) is 18.2 Å². The van der Waals surface area contributed by atoms with Crippen LogP contribution in [0.1, 0.15) is 26.3 Å². The first kappa shape index (κ1) is 21.9. The van der Waals surface area contributed by atoms with Crippen molar-refractivity contribution in [3.8, 4) is 11.5 Å². The molecule has 0 atom stereocenters. The number of anilines is 1. The Bertz CT molecular complexity index is 1120. The molecule has 1 aliphatic rings. The number of hydrogen-bond acceptors (Lipinski definition) is 7. The molecule has 0 aromatic heterocycles. The molecule has 160 valence electrons. The summed E-state index contributed by atoms with van der Waals surface area (Å²) >= 11 is 6.12. The number of halogens is 1. The fourth-order valence-electron chi connectivity index (χ4n) is 2.88. The molecule has 31 heavy (non-hydrogen) atoms. The Labute approximate surface area is 183 Å². The molecule has 0 spiro atoms. The lowest BCUT2D eigenvalue weighted by Crippen LogP contribution is -2.17. The Morgan fingerprint density at radius 2 is 1.74 bits per heavy atom. The molecule has 1 N–H and O–H groups in total. The Balaban J connectivity index is 2.00. The van der Waals surface area contributed by atoms with Crippen LogP contribution in [-0.4, -0.2) is 39.2 Å². The number of ether oxygens (including phenoxy) is 4. The van der Waals surface area contributed by atoms with Gasteiger partial charge in [-0.1, -0.05) is 11.6 Å². The molecule has 2 aromatic carbocycles. The van der Waals surface area contributed by atoms with Gasteiger partial charge < -0.3 is 24.3 Å². The molecule has 9 heteroatoms. The normalized spacial score (nSPS) is 11.9. The molecule has 0 saturated heterocycles. The minimum atomic E-state index is -0.678. The zero-order valence-electron chi connectivity index (χ0n) is 16.9. The van der Waals surface area contributed by atoms with Gasteiger partial charge in [0, 0.05) is 22.2 Å². The predicted octanol–water partition coefficient (Wildman–Crippen LogP) is 3.85. The van der Waals surface area contributed by atoms with Crippen molar-refractivity contribution in [2.45, 2.75) is 0 Å². The first-order valence-corrected chi connectivity index (χ1v) is 9.30. The van der Waals surface area contributed by atoms with Crippen LogP contribution in [0.25, 0.3) is 6.08 Å². The number of methoxy groups -OCH3 is 3. The van der Waals surface area contributed by atoms with Crippen LogP contribution in [-0.2, 0) is 14.3 Å². The van der Waals surface area contributed by atoms with Gasteiger partial charge >= 0.3 is 11.9 Å². The fourth-order valence-corrected chi connectivity index (χ4v) is 3.10. The lowest BCUT2D eigenvalue weighted by molar-refractivity contribution is -0.112. The van der Waals surface area contributed by atoms with Crippen LogP contribution in [0.5, 0.6) is 11.5 Å². The van der Waals surface area contributed by atoms with Crippen molar-refractivity contribution in [2.75, 3.05) is 26.6 Å². The molecular formula is C22H18ClNO7. The minimum Gasteiger partial charge on any atom is -0.493 e. The van der Waals surface area contributed by atoms with E-state index in [0.717, 1.165) is 0 Å². The average Bonchev–Trinajstić information content (AvgIpc) is 2.99. The van der Waals surface area contributed by atoms with E-state index < -0.39 is 17.8 Å². The summed E-state index contributed by atoms with van der Waals surface area (Å²) in [5, 5.41) is 3.03. The van der Waals surface area contributed by atoms with Crippen molar-refractivity contribution in [1.82, 2.24) is 0 Å². The maximum atomic E-state index is 13.0. The van der Waals surface area contributed by atoms with E-state index in [-0.39, 0.29) is 22.4 Å². The van der Waals surface area contributed by atoms with Crippen molar-refractivity contribution in [2.24, 2.45) is 0 Å². The third kappa shape index (κ3) is 4.70. The number of rotatable bonds is 5. The molecule has 0 unspecified atom stereocenters. The van der Waals surface area contributed by atoms with Crippen LogP contribution in [0, 0.1) is 0 Å².